The van der Waals surface area contributed by atoms with E-state index in [9.17, 15) is 29.5 Å². The van der Waals surface area contributed by atoms with Gasteiger partial charge >= 0.3 is 13.5 Å². The molecule has 0 saturated carbocycles. The van der Waals surface area contributed by atoms with Gasteiger partial charge in [-0.3, -0.25) is 23.4 Å². The van der Waals surface area contributed by atoms with E-state index in [2.05, 4.69) is 0 Å². The molecule has 40 heavy (non-hydrogen) atoms. The van der Waals surface area contributed by atoms with E-state index in [0.29, 0.717) is 17.3 Å². The highest BCUT2D eigenvalue weighted by atomic mass is 31.2. The fourth-order valence-electron chi connectivity index (χ4n) is 4.31. The number of H-pyrrole nitrogens is 1. The Bertz CT molecular complexity index is 1530. The van der Waals surface area contributed by atoms with Crippen molar-refractivity contribution >= 4 is 7.82 Å². The van der Waals surface area contributed by atoms with Crippen molar-refractivity contribution in [3.63, 3.8) is 0 Å². The number of rotatable bonds is 5. The van der Waals surface area contributed by atoms with Crippen molar-refractivity contribution in [1.82, 2.24) is 9.55 Å². The summed E-state index contributed by atoms with van der Waals surface area (Å²) in [6.45, 7) is 8.09. The average Bonchev–Trinajstić information content (AvgIpc) is 3.02. The topological polar surface area (TPSA) is 170 Å². The average molecular weight is 592 g/mol. The zero-order valence-corrected chi connectivity index (χ0v) is 23.7. The van der Waals surface area contributed by atoms with Gasteiger partial charge in [0.2, 0.25) is 0 Å². The smallest absolute Gasteiger partial charge is 0.403 e. The lowest BCUT2D eigenvalue weighted by Crippen LogP contribution is -2.43. The van der Waals surface area contributed by atoms with Crippen LogP contribution in [0.25, 0.3) is 0 Å². The number of ether oxygens (including phenoxy) is 1. The second kappa shape index (κ2) is 10.1. The van der Waals surface area contributed by atoms with Crippen LogP contribution >= 0.6 is 7.82 Å². The van der Waals surface area contributed by atoms with Crippen LogP contribution in [0.2, 0.25) is 0 Å². The zero-order valence-electron chi connectivity index (χ0n) is 23.8. The summed E-state index contributed by atoms with van der Waals surface area (Å²) in [6.07, 6.45) is -7.35. The first-order chi connectivity index (χ1) is 18.7. The number of aromatic nitrogens is 2. The molecule has 1 fully saturated rings. The lowest BCUT2D eigenvalue weighted by molar-refractivity contribution is -0.205. The quantitative estimate of drug-likeness (QED) is 0.379. The van der Waals surface area contributed by atoms with Crippen LogP contribution in [0.5, 0.6) is 5.75 Å². The molecule has 2 aliphatic heterocycles. The first-order valence-electron chi connectivity index (χ1n) is 12.8. The summed E-state index contributed by atoms with van der Waals surface area (Å²) in [5.74, 6) is -4.18. The number of hydrogen-bond donors (Lipinski definition) is 4. The van der Waals surface area contributed by atoms with E-state index < -0.39 is 85.4 Å². The fourth-order valence-corrected chi connectivity index (χ4v) is 5.54. The number of nitrogens with zero attached hydrogens (tertiary/aromatic N) is 1. The van der Waals surface area contributed by atoms with E-state index in [0.717, 1.165) is 0 Å². The number of phosphoric acid groups is 1. The molecule has 4 rings (SSSR count). The minimum absolute atomic E-state index is 0.0118. The second-order valence-corrected chi connectivity index (χ2v) is 13.3. The van der Waals surface area contributed by atoms with Crippen molar-refractivity contribution in [2.24, 2.45) is 0 Å². The van der Waals surface area contributed by atoms with Crippen LogP contribution in [0.3, 0.4) is 0 Å². The first kappa shape index (κ1) is 29.1. The minimum atomic E-state index is -4.69. The van der Waals surface area contributed by atoms with Crippen LogP contribution < -0.4 is 15.8 Å². The largest absolute Gasteiger partial charge is 0.530 e. The van der Waals surface area contributed by atoms with E-state index in [1.54, 1.807) is 11.1 Å². The zero-order chi connectivity index (χ0) is 30.9. The summed E-state index contributed by atoms with van der Waals surface area (Å²) in [5.41, 5.74) is -3.10. The molecule has 0 radical (unpaired) electrons. The van der Waals surface area contributed by atoms with E-state index in [1.807, 2.05) is 41.5 Å². The Labute approximate surface area is 229 Å². The van der Waals surface area contributed by atoms with Gasteiger partial charge < -0.3 is 24.6 Å². The Kier molecular flexibility index (Phi) is 7.35. The van der Waals surface area contributed by atoms with Crippen LogP contribution in [-0.2, 0) is 42.4 Å². The minimum Gasteiger partial charge on any atom is -0.403 e. The molecule has 1 aromatic carbocycles. The van der Waals surface area contributed by atoms with Crippen LogP contribution in [0.4, 0.5) is 8.78 Å². The number of aromatic amines is 1. The van der Waals surface area contributed by atoms with Crippen molar-refractivity contribution < 1.29 is 48.3 Å². The van der Waals surface area contributed by atoms with Gasteiger partial charge in [0.1, 0.15) is 30.4 Å². The maximum atomic E-state index is 15.9. The number of hydrogen-bond acceptors (Lipinski definition) is 10. The predicted molar refractivity (Wildman–Crippen MR) is 136 cm³/mol. The second-order valence-electron chi connectivity index (χ2n) is 11.7. The number of aliphatic hydroxyl groups is 3. The molecule has 0 bridgehead atoms. The van der Waals surface area contributed by atoms with Crippen molar-refractivity contribution in [3.05, 3.63) is 61.2 Å². The molecule has 0 amide bonds. The third-order valence-corrected chi connectivity index (χ3v) is 7.90. The summed E-state index contributed by atoms with van der Waals surface area (Å²) in [4.78, 5) is 25.9. The molecule has 2 aromatic rings. The molecule has 0 aliphatic carbocycles. The van der Waals surface area contributed by atoms with Gasteiger partial charge in [-0.1, -0.05) is 41.5 Å². The number of alkyl halides is 1. The van der Waals surface area contributed by atoms with Gasteiger partial charge in [-0.25, -0.2) is 18.1 Å². The van der Waals surface area contributed by atoms with Crippen molar-refractivity contribution in [3.8, 4) is 5.75 Å². The maximum Gasteiger partial charge on any atom is 0.530 e. The van der Waals surface area contributed by atoms with Gasteiger partial charge in [-0.2, -0.15) is 0 Å². The lowest BCUT2D eigenvalue weighted by atomic mass is 9.78. The van der Waals surface area contributed by atoms with Gasteiger partial charge in [0.15, 0.2) is 6.20 Å². The van der Waals surface area contributed by atoms with Crippen LogP contribution in [0.15, 0.2) is 21.9 Å². The highest BCUT2D eigenvalue weighted by Crippen LogP contribution is 2.58. The monoisotopic (exact) mass is 591 g/mol. The molecule has 1 saturated heterocycles. The van der Waals surface area contributed by atoms with Crippen molar-refractivity contribution in [2.75, 3.05) is 6.61 Å². The molecule has 1 aromatic heterocycles. The lowest BCUT2D eigenvalue weighted by Gasteiger charge is -2.34. The molecule has 2 aliphatic rings. The van der Waals surface area contributed by atoms with Crippen LogP contribution in [0.1, 0.15) is 71.4 Å². The predicted octanol–water partition coefficient (Wildman–Crippen LogP) is 2.41. The van der Waals surface area contributed by atoms with Gasteiger partial charge in [0.05, 0.1) is 25.7 Å². The Morgan fingerprint density at radius 2 is 1.85 bits per heavy atom. The molecule has 4 N–H and O–H groups in total. The number of aliphatic hydroxyl groups excluding tert-OH is 3. The maximum absolute atomic E-state index is 15.9. The van der Waals surface area contributed by atoms with Crippen molar-refractivity contribution in [1.29, 1.82) is 0 Å². The molecule has 3 heterocycles. The van der Waals surface area contributed by atoms with E-state index >= 15 is 8.78 Å². The Morgan fingerprint density at radius 1 is 1.23 bits per heavy atom. The SMILES string of the molecule is [2H][C@@]1(n2cc(CO)c(=O)[nH]c2=O)O[C@](F)(COP2(=O)OCc3c(F)c(C(C)(C)C)cc(C(C)(C)C)c3O2)[C@@H](O)[C@H]1O. The number of nitrogens with one attached hydrogen (secondary N) is 1. The number of fused-ring (bicyclic) bond motifs is 1. The molecule has 1 unspecified atom stereocenters. The van der Waals surface area contributed by atoms with Crippen LogP contribution in [0, 0.1) is 5.82 Å². The third kappa shape index (κ3) is 5.41. The van der Waals surface area contributed by atoms with Crippen molar-refractivity contribution in [2.45, 2.75) is 89.9 Å². The van der Waals surface area contributed by atoms with E-state index in [4.69, 9.17) is 19.7 Å². The van der Waals surface area contributed by atoms with E-state index in [1.165, 1.54) is 0 Å². The van der Waals surface area contributed by atoms with Gasteiger partial charge in [-0.15, -0.1) is 0 Å². The Balaban J connectivity index is 1.65. The normalized spacial score (nSPS) is 31.0. The van der Waals surface area contributed by atoms with Gasteiger partial charge in [0, 0.05) is 11.8 Å². The van der Waals surface area contributed by atoms with E-state index in [-0.39, 0.29) is 15.9 Å². The standard InChI is InChI=1S/C25H33F2N2O10P/c1-23(2,3)14-7-15(24(4,5)6)18-13(16(14)26)10-36-40(35,39-18)37-11-25(27)19(32)17(31)21(38-25)29-8-12(9-30)20(33)28-22(29)34/h7-8,17,19,21,30-32H,9-11H2,1-6H3,(H,28,33,34)/t17-,19+,21-,25-,40?/m1/s1/i21D. The van der Waals surface area contributed by atoms with Gasteiger partial charge in [0.25, 0.3) is 11.4 Å². The highest BCUT2D eigenvalue weighted by molar-refractivity contribution is 7.49. The summed E-state index contributed by atoms with van der Waals surface area (Å²) >= 11 is 0. The first-order valence-corrected chi connectivity index (χ1v) is 13.8. The molecule has 15 heteroatoms. The third-order valence-electron chi connectivity index (χ3n) is 6.61. The molecular weight excluding hydrogens is 557 g/mol. The summed E-state index contributed by atoms with van der Waals surface area (Å²) < 4.78 is 74.3. The summed E-state index contributed by atoms with van der Waals surface area (Å²) in [6, 6.07) is 1.59. The molecule has 0 spiro atoms. The molecule has 12 nitrogen and oxygen atoms in total. The summed E-state index contributed by atoms with van der Waals surface area (Å²) in [5, 5.41) is 30.3. The fraction of sp³-hybridized carbons (Fsp3) is 0.600. The summed E-state index contributed by atoms with van der Waals surface area (Å²) in [7, 11) is -4.69. The highest BCUT2D eigenvalue weighted by Gasteiger charge is 2.58. The number of halogens is 2. The Hall–Kier alpha value is -2.45. The molecule has 5 atom stereocenters. The molecule has 222 valence electrons. The Morgan fingerprint density at radius 3 is 2.42 bits per heavy atom. The van der Waals surface area contributed by atoms with Crippen LogP contribution in [-0.4, -0.2) is 49.5 Å². The molecular formula is C25H33F2N2O10P. The van der Waals surface area contributed by atoms with Gasteiger partial charge in [-0.05, 0) is 22.5 Å². The number of benzene rings is 1. The number of phosphoric ester groups is 1.